The van der Waals surface area contributed by atoms with Gasteiger partial charge in [0.15, 0.2) is 6.29 Å². The number of carbonyl (C=O) groups is 3. The van der Waals surface area contributed by atoms with E-state index in [4.69, 9.17) is 0 Å². The van der Waals surface area contributed by atoms with Gasteiger partial charge in [0.1, 0.15) is 6.29 Å². The Morgan fingerprint density at radius 1 is 0.792 bits per heavy atom. The van der Waals surface area contributed by atoms with Crippen LogP contribution in [0.5, 0.6) is 0 Å². The maximum absolute atomic E-state index is 14.3. The van der Waals surface area contributed by atoms with Crippen molar-refractivity contribution in [3.05, 3.63) is 70.0 Å². The van der Waals surface area contributed by atoms with Crippen molar-refractivity contribution in [3.8, 4) is 0 Å². The Bertz CT molecular complexity index is 1930. The number of unbranched alkanes of at least 4 members (excludes halogenated alkanes) is 3. The zero-order valence-corrected chi connectivity index (χ0v) is 29.4. The third-order valence-electron chi connectivity index (χ3n) is 10.5. The van der Waals surface area contributed by atoms with Gasteiger partial charge in [0.25, 0.3) is 5.91 Å². The number of rotatable bonds is 13. The highest BCUT2D eigenvalue weighted by Crippen LogP contribution is 2.42. The fraction of sp³-hybridized carbons (Fsp3) is 0.452. The van der Waals surface area contributed by atoms with Gasteiger partial charge in [0.2, 0.25) is 0 Å². The molecule has 6 heteroatoms. The first-order valence-electron chi connectivity index (χ1n) is 18.3. The minimum absolute atomic E-state index is 0.0490. The summed E-state index contributed by atoms with van der Waals surface area (Å²) in [6.45, 7) is 11.1. The number of nitrogens with zero attached hydrogens (tertiary/aromatic N) is 3. The van der Waals surface area contributed by atoms with Gasteiger partial charge in [-0.2, -0.15) is 0 Å². The van der Waals surface area contributed by atoms with Gasteiger partial charge in [-0.05, 0) is 85.9 Å². The lowest BCUT2D eigenvalue weighted by Crippen LogP contribution is -2.29. The highest BCUT2D eigenvalue weighted by atomic mass is 16.2. The van der Waals surface area contributed by atoms with Crippen molar-refractivity contribution in [2.75, 3.05) is 44.7 Å². The van der Waals surface area contributed by atoms with Gasteiger partial charge >= 0.3 is 0 Å². The molecule has 1 amide bonds. The zero-order valence-electron chi connectivity index (χ0n) is 29.4. The highest BCUT2D eigenvalue weighted by Gasteiger charge is 2.27. The number of hydrogen-bond donors (Lipinski definition) is 0. The molecule has 0 unspecified atom stereocenters. The van der Waals surface area contributed by atoms with E-state index >= 15 is 0 Å². The van der Waals surface area contributed by atoms with Gasteiger partial charge in [-0.15, -0.1) is 0 Å². The molecule has 4 aromatic rings. The van der Waals surface area contributed by atoms with Crippen LogP contribution >= 0.6 is 0 Å². The fourth-order valence-electron chi connectivity index (χ4n) is 8.08. The van der Waals surface area contributed by atoms with Crippen LogP contribution < -0.4 is 10.1 Å². The molecule has 6 nitrogen and oxygen atoms in total. The van der Waals surface area contributed by atoms with Crippen LogP contribution in [0.4, 0.5) is 5.69 Å². The van der Waals surface area contributed by atoms with Crippen molar-refractivity contribution in [1.29, 1.82) is 0 Å². The van der Waals surface area contributed by atoms with E-state index in [0.717, 1.165) is 146 Å². The summed E-state index contributed by atoms with van der Waals surface area (Å²) in [6.07, 6.45) is 15.1. The van der Waals surface area contributed by atoms with E-state index in [1.54, 1.807) is 0 Å². The largest absolute Gasteiger partial charge is 0.371 e. The molecule has 2 aliphatic rings. The molecule has 0 saturated carbocycles. The summed E-state index contributed by atoms with van der Waals surface area (Å²) in [5.74, 6) is -0.0490. The van der Waals surface area contributed by atoms with Crippen molar-refractivity contribution in [3.63, 3.8) is 0 Å². The molecule has 0 aliphatic carbocycles. The fourth-order valence-corrected chi connectivity index (χ4v) is 8.08. The molecule has 252 valence electrons. The van der Waals surface area contributed by atoms with Gasteiger partial charge in [-0.1, -0.05) is 63.3 Å². The van der Waals surface area contributed by atoms with Crippen LogP contribution in [0, 0.1) is 0 Å². The summed E-state index contributed by atoms with van der Waals surface area (Å²) < 4.78 is 0. The first-order valence-corrected chi connectivity index (χ1v) is 18.3. The van der Waals surface area contributed by atoms with Gasteiger partial charge in [-0.3, -0.25) is 14.4 Å². The topological polar surface area (TPSA) is 60.9 Å². The number of fused-ring (bicyclic) bond motifs is 2. The quantitative estimate of drug-likeness (QED) is 0.0630. The van der Waals surface area contributed by atoms with Crippen molar-refractivity contribution < 1.29 is 14.4 Å². The van der Waals surface area contributed by atoms with E-state index in [2.05, 4.69) is 54.8 Å². The number of aldehydes is 2. The predicted molar refractivity (Wildman–Crippen MR) is 200 cm³/mol. The molecule has 0 aromatic heterocycles. The SMILES string of the molecule is CCCCCCN(C)C(=O)c1ccc2/c(=C(/C=C(\C)CCC)N3CCCC3)c3cc(C=O)ccc3c3c(N4CCCC4)cc(C=O)c1c23. The molecule has 2 heterocycles. The van der Waals surface area contributed by atoms with E-state index in [9.17, 15) is 14.4 Å². The molecule has 4 aromatic carbocycles. The standard InChI is InChI=1S/C42H51N3O3/c1-5-7-8-9-19-43(4)42(48)34-18-17-33-39(36(24-29(3)14-6-2)44-20-10-11-21-44)35-25-30(27-46)15-16-32(35)40-37(45-22-12-13-23-45)26-31(28-47)38(34)41(33)40/h15-18,24-28H,5-14,19-23H2,1-4H3/b29-24+,39-36+. The average Bonchev–Trinajstić information content (AvgIpc) is 3.85. The molecule has 0 spiro atoms. The zero-order chi connectivity index (χ0) is 33.8. The van der Waals surface area contributed by atoms with Crippen LogP contribution in [0.3, 0.4) is 0 Å². The maximum Gasteiger partial charge on any atom is 0.254 e. The summed E-state index contributed by atoms with van der Waals surface area (Å²) in [5, 5.41) is 7.01. The smallest absolute Gasteiger partial charge is 0.254 e. The monoisotopic (exact) mass is 645 g/mol. The first-order chi connectivity index (χ1) is 23.4. The normalized spacial score (nSPS) is 16.0. The summed E-state index contributed by atoms with van der Waals surface area (Å²) >= 11 is 0. The van der Waals surface area contributed by atoms with Crippen molar-refractivity contribution in [2.45, 2.75) is 85.0 Å². The van der Waals surface area contributed by atoms with Crippen LogP contribution in [0.1, 0.15) is 116 Å². The van der Waals surface area contributed by atoms with E-state index in [-0.39, 0.29) is 5.91 Å². The third kappa shape index (κ3) is 6.34. The maximum atomic E-state index is 14.3. The predicted octanol–water partition coefficient (Wildman–Crippen LogP) is 8.69. The highest BCUT2D eigenvalue weighted by molar-refractivity contribution is 6.31. The van der Waals surface area contributed by atoms with Gasteiger partial charge in [0, 0.05) is 89.2 Å². The lowest BCUT2D eigenvalue weighted by atomic mass is 9.86. The lowest BCUT2D eigenvalue weighted by Gasteiger charge is -2.27. The van der Waals surface area contributed by atoms with Crippen molar-refractivity contribution in [2.24, 2.45) is 0 Å². The minimum Gasteiger partial charge on any atom is -0.371 e. The summed E-state index contributed by atoms with van der Waals surface area (Å²) in [6, 6.07) is 12.2. The molecule has 0 N–H and O–H groups in total. The number of allylic oxidation sites excluding steroid dienone is 1. The molecule has 0 atom stereocenters. The third-order valence-corrected chi connectivity index (χ3v) is 10.5. The second-order valence-corrected chi connectivity index (χ2v) is 14.0. The average molecular weight is 646 g/mol. The van der Waals surface area contributed by atoms with E-state index < -0.39 is 0 Å². The van der Waals surface area contributed by atoms with Crippen molar-refractivity contribution >= 4 is 62.2 Å². The number of hydrogen-bond acceptors (Lipinski definition) is 5. The molecular weight excluding hydrogens is 594 g/mol. The molecule has 0 radical (unpaired) electrons. The molecular formula is C42H51N3O3. The first kappa shape index (κ1) is 33.7. The Labute approximate surface area is 285 Å². The Kier molecular flexibility index (Phi) is 10.5. The number of carbonyl (C=O) groups excluding carboxylic acids is 3. The Hall–Kier alpha value is -4.19. The van der Waals surface area contributed by atoms with Gasteiger partial charge in [0.05, 0.1) is 0 Å². The number of amides is 1. The summed E-state index contributed by atoms with van der Waals surface area (Å²) in [4.78, 5) is 46.3. The van der Waals surface area contributed by atoms with E-state index in [0.29, 0.717) is 23.2 Å². The molecule has 6 rings (SSSR count). The van der Waals surface area contributed by atoms with Gasteiger partial charge < -0.3 is 14.7 Å². The van der Waals surface area contributed by atoms with Crippen LogP contribution in [-0.2, 0) is 0 Å². The number of likely N-dealkylation sites (tertiary alicyclic amines) is 1. The van der Waals surface area contributed by atoms with E-state index in [1.807, 2.05) is 30.1 Å². The Balaban J connectivity index is 1.79. The van der Waals surface area contributed by atoms with Crippen LogP contribution in [-0.4, -0.2) is 68.1 Å². The van der Waals surface area contributed by atoms with Crippen LogP contribution in [0.15, 0.2) is 48.0 Å². The Morgan fingerprint density at radius 3 is 2.21 bits per heavy atom. The van der Waals surface area contributed by atoms with Gasteiger partial charge in [-0.25, -0.2) is 0 Å². The Morgan fingerprint density at radius 2 is 1.52 bits per heavy atom. The summed E-state index contributed by atoms with van der Waals surface area (Å²) in [5.41, 5.74) is 5.31. The molecule has 2 fully saturated rings. The second kappa shape index (κ2) is 14.9. The number of anilines is 1. The molecule has 2 saturated heterocycles. The van der Waals surface area contributed by atoms with Crippen LogP contribution in [0.2, 0.25) is 0 Å². The minimum atomic E-state index is -0.0490. The van der Waals surface area contributed by atoms with Crippen LogP contribution in [0.25, 0.3) is 38.0 Å². The lowest BCUT2D eigenvalue weighted by molar-refractivity contribution is 0.0794. The van der Waals surface area contributed by atoms with E-state index in [1.165, 1.54) is 11.3 Å². The second-order valence-electron chi connectivity index (χ2n) is 14.0. The molecule has 2 aliphatic heterocycles. The number of benzene rings is 4. The molecule has 0 bridgehead atoms. The summed E-state index contributed by atoms with van der Waals surface area (Å²) in [7, 11) is 1.88. The molecule has 48 heavy (non-hydrogen) atoms. The van der Waals surface area contributed by atoms with Crippen molar-refractivity contribution in [1.82, 2.24) is 9.80 Å².